The number of nitrogen functional groups attached to an aromatic ring is 1. The van der Waals surface area contributed by atoms with E-state index >= 15 is 0 Å². The van der Waals surface area contributed by atoms with Gasteiger partial charge in [-0.1, -0.05) is 12.1 Å². The van der Waals surface area contributed by atoms with Crippen molar-refractivity contribution in [1.29, 1.82) is 0 Å². The number of rotatable bonds is 5. The summed E-state index contributed by atoms with van der Waals surface area (Å²) in [5.41, 5.74) is 6.50. The van der Waals surface area contributed by atoms with E-state index in [9.17, 15) is 9.50 Å². The number of hydrogen-bond acceptors (Lipinski definition) is 4. The highest BCUT2D eigenvalue weighted by Crippen LogP contribution is 2.22. The van der Waals surface area contributed by atoms with Gasteiger partial charge in [-0.2, -0.15) is 0 Å². The van der Waals surface area contributed by atoms with Gasteiger partial charge in [0.25, 0.3) is 0 Å². The zero-order valence-corrected chi connectivity index (χ0v) is 11.1. The molecule has 0 fully saturated rings. The Bertz CT molecular complexity index is 550. The summed E-state index contributed by atoms with van der Waals surface area (Å²) in [5, 5.41) is 9.94. The minimum Gasteiger partial charge on any atom is -0.392 e. The molecule has 0 spiro atoms. The van der Waals surface area contributed by atoms with Crippen molar-refractivity contribution in [3.8, 4) is 0 Å². The Morgan fingerprint density at radius 3 is 2.84 bits per heavy atom. The number of anilines is 1. The number of nitrogens with two attached hydrogens (primary N) is 1. The third-order valence-electron chi connectivity index (χ3n) is 2.58. The predicted octanol–water partition coefficient (Wildman–Crippen LogP) is 2.50. The molecule has 2 aromatic rings. The van der Waals surface area contributed by atoms with E-state index < -0.39 is 6.10 Å². The molecular weight excluding hydrogens is 263 g/mol. The fourth-order valence-corrected chi connectivity index (χ4v) is 2.57. The van der Waals surface area contributed by atoms with Gasteiger partial charge in [-0.05, 0) is 36.2 Å². The number of pyridine rings is 1. The summed E-state index contributed by atoms with van der Waals surface area (Å²) in [6, 6.07) is 10.1. The summed E-state index contributed by atoms with van der Waals surface area (Å²) < 4.78 is 13.4. The monoisotopic (exact) mass is 278 g/mol. The second-order valence-corrected chi connectivity index (χ2v) is 5.25. The van der Waals surface area contributed by atoms with E-state index in [1.165, 1.54) is 17.8 Å². The van der Waals surface area contributed by atoms with E-state index in [1.807, 2.05) is 6.07 Å². The van der Waals surface area contributed by atoms with Crippen molar-refractivity contribution in [2.24, 2.45) is 0 Å². The van der Waals surface area contributed by atoms with Crippen LogP contribution in [0.5, 0.6) is 0 Å². The van der Waals surface area contributed by atoms with E-state index in [1.54, 1.807) is 30.5 Å². The molecule has 3 N–H and O–H groups in total. The van der Waals surface area contributed by atoms with Crippen LogP contribution in [0, 0.1) is 5.82 Å². The summed E-state index contributed by atoms with van der Waals surface area (Å²) in [5.74, 6) is 0.614. The fourth-order valence-electron chi connectivity index (χ4n) is 1.70. The van der Waals surface area contributed by atoms with Crippen molar-refractivity contribution in [2.75, 3.05) is 11.5 Å². The molecule has 5 heteroatoms. The Labute approximate surface area is 115 Å². The molecule has 0 aliphatic rings. The van der Waals surface area contributed by atoms with Crippen molar-refractivity contribution < 1.29 is 9.50 Å². The SMILES string of the molecule is Nc1cc(CC(O)CSc2ccccc2F)ccn1. The third kappa shape index (κ3) is 4.22. The van der Waals surface area contributed by atoms with E-state index in [-0.39, 0.29) is 5.82 Å². The number of aromatic nitrogens is 1. The molecule has 3 nitrogen and oxygen atoms in total. The second-order valence-electron chi connectivity index (χ2n) is 4.19. The van der Waals surface area contributed by atoms with Crippen LogP contribution >= 0.6 is 11.8 Å². The Balaban J connectivity index is 1.88. The summed E-state index contributed by atoms with van der Waals surface area (Å²) in [6.07, 6.45) is 1.54. The van der Waals surface area contributed by atoms with Gasteiger partial charge in [0.15, 0.2) is 0 Å². The topological polar surface area (TPSA) is 59.1 Å². The van der Waals surface area contributed by atoms with Gasteiger partial charge in [-0.15, -0.1) is 11.8 Å². The lowest BCUT2D eigenvalue weighted by atomic mass is 10.1. The molecule has 0 amide bonds. The molecule has 0 aliphatic carbocycles. The normalized spacial score (nSPS) is 12.3. The number of halogens is 1. The largest absolute Gasteiger partial charge is 0.392 e. The average molecular weight is 278 g/mol. The van der Waals surface area contributed by atoms with Crippen LogP contribution in [-0.4, -0.2) is 21.9 Å². The zero-order valence-electron chi connectivity index (χ0n) is 10.3. The molecule has 1 atom stereocenters. The molecular formula is C14H15FN2OS. The van der Waals surface area contributed by atoms with Crippen molar-refractivity contribution in [3.63, 3.8) is 0 Å². The molecule has 0 bridgehead atoms. The molecule has 1 heterocycles. The van der Waals surface area contributed by atoms with Gasteiger partial charge in [-0.3, -0.25) is 0 Å². The van der Waals surface area contributed by atoms with Crippen LogP contribution in [0.25, 0.3) is 0 Å². The van der Waals surface area contributed by atoms with Gasteiger partial charge in [0.05, 0.1) is 6.10 Å². The average Bonchev–Trinajstić information content (AvgIpc) is 2.38. The van der Waals surface area contributed by atoms with E-state index in [4.69, 9.17) is 5.73 Å². The van der Waals surface area contributed by atoms with Crippen LogP contribution in [0.3, 0.4) is 0 Å². The first-order chi connectivity index (χ1) is 9.15. The van der Waals surface area contributed by atoms with Crippen LogP contribution in [-0.2, 0) is 6.42 Å². The van der Waals surface area contributed by atoms with E-state index in [0.29, 0.717) is 22.9 Å². The highest BCUT2D eigenvalue weighted by Gasteiger charge is 2.09. The molecule has 1 aromatic heterocycles. The van der Waals surface area contributed by atoms with Gasteiger partial charge in [0, 0.05) is 16.8 Å². The van der Waals surface area contributed by atoms with E-state index in [0.717, 1.165) is 5.56 Å². The maximum absolute atomic E-state index is 13.4. The summed E-state index contributed by atoms with van der Waals surface area (Å²) in [4.78, 5) is 4.45. The Morgan fingerprint density at radius 2 is 2.11 bits per heavy atom. The fraction of sp³-hybridized carbons (Fsp3) is 0.214. The van der Waals surface area contributed by atoms with Gasteiger partial charge in [0.2, 0.25) is 0 Å². The molecule has 19 heavy (non-hydrogen) atoms. The summed E-state index contributed by atoms with van der Waals surface area (Å²) in [6.45, 7) is 0. The Kier molecular flexibility index (Phi) is 4.76. The summed E-state index contributed by atoms with van der Waals surface area (Å²) in [7, 11) is 0. The highest BCUT2D eigenvalue weighted by molar-refractivity contribution is 7.99. The summed E-state index contributed by atoms with van der Waals surface area (Å²) >= 11 is 1.31. The van der Waals surface area contributed by atoms with Crippen LogP contribution < -0.4 is 5.73 Å². The molecule has 0 radical (unpaired) electrons. The molecule has 0 saturated carbocycles. The molecule has 2 rings (SSSR count). The number of nitrogens with zero attached hydrogens (tertiary/aromatic N) is 1. The van der Waals surface area contributed by atoms with E-state index in [2.05, 4.69) is 4.98 Å². The third-order valence-corrected chi connectivity index (χ3v) is 3.78. The first-order valence-corrected chi connectivity index (χ1v) is 6.89. The lowest BCUT2D eigenvalue weighted by Crippen LogP contribution is -2.13. The quantitative estimate of drug-likeness (QED) is 0.825. The Morgan fingerprint density at radius 1 is 1.32 bits per heavy atom. The molecule has 1 aromatic carbocycles. The van der Waals surface area contributed by atoms with Gasteiger partial charge in [-0.25, -0.2) is 9.37 Å². The second kappa shape index (κ2) is 6.54. The Hall–Kier alpha value is -1.59. The highest BCUT2D eigenvalue weighted by atomic mass is 32.2. The number of aliphatic hydroxyl groups is 1. The van der Waals surface area contributed by atoms with Crippen molar-refractivity contribution in [1.82, 2.24) is 4.98 Å². The van der Waals surface area contributed by atoms with Gasteiger partial charge >= 0.3 is 0 Å². The number of hydrogen-bond donors (Lipinski definition) is 2. The van der Waals surface area contributed by atoms with Crippen molar-refractivity contribution in [2.45, 2.75) is 17.4 Å². The molecule has 0 aliphatic heterocycles. The maximum atomic E-state index is 13.4. The first-order valence-electron chi connectivity index (χ1n) is 5.91. The maximum Gasteiger partial charge on any atom is 0.136 e. The lowest BCUT2D eigenvalue weighted by molar-refractivity contribution is 0.200. The standard InChI is InChI=1S/C14H15FN2OS/c15-12-3-1-2-4-13(12)19-9-11(18)7-10-5-6-17-14(16)8-10/h1-6,8,11,18H,7,9H2,(H2,16,17). The minimum absolute atomic E-state index is 0.257. The molecule has 0 saturated heterocycles. The van der Waals surface area contributed by atoms with Crippen molar-refractivity contribution in [3.05, 3.63) is 54.0 Å². The van der Waals surface area contributed by atoms with Crippen LogP contribution in [0.15, 0.2) is 47.5 Å². The zero-order chi connectivity index (χ0) is 13.7. The van der Waals surface area contributed by atoms with Crippen LogP contribution in [0.4, 0.5) is 10.2 Å². The predicted molar refractivity (Wildman–Crippen MR) is 75.5 cm³/mol. The van der Waals surface area contributed by atoms with Crippen LogP contribution in [0.2, 0.25) is 0 Å². The number of benzene rings is 1. The smallest absolute Gasteiger partial charge is 0.136 e. The number of aliphatic hydroxyl groups excluding tert-OH is 1. The first kappa shape index (κ1) is 13.8. The van der Waals surface area contributed by atoms with Gasteiger partial charge in [0.1, 0.15) is 11.6 Å². The molecule has 1 unspecified atom stereocenters. The van der Waals surface area contributed by atoms with Crippen LogP contribution in [0.1, 0.15) is 5.56 Å². The lowest BCUT2D eigenvalue weighted by Gasteiger charge is -2.11. The number of thioether (sulfide) groups is 1. The molecule has 100 valence electrons. The van der Waals surface area contributed by atoms with Gasteiger partial charge < -0.3 is 10.8 Å². The van der Waals surface area contributed by atoms with Crippen molar-refractivity contribution >= 4 is 17.6 Å². The minimum atomic E-state index is -0.550.